The summed E-state index contributed by atoms with van der Waals surface area (Å²) in [5.41, 5.74) is 4.26. The molecule has 2 aliphatic rings. The number of anilines is 1. The minimum atomic E-state index is -4.64. The monoisotopic (exact) mass is 470 g/mol. The number of thioether (sulfide) groups is 1. The number of nitrogens with one attached hydrogen (secondary N) is 1. The minimum absolute atomic E-state index is 0.0364. The molecule has 0 aliphatic carbocycles. The largest absolute Gasteiger partial charge is 0.495 e. The van der Waals surface area contributed by atoms with Crippen molar-refractivity contribution in [3.8, 4) is 5.75 Å². The Morgan fingerprint density at radius 3 is 2.78 bits per heavy atom. The number of hydrogen-bond acceptors (Lipinski definition) is 7. The average molecular weight is 470 g/mol. The Morgan fingerprint density at radius 1 is 1.34 bits per heavy atom. The summed E-state index contributed by atoms with van der Waals surface area (Å²) >= 11 is 0.966. The van der Waals surface area contributed by atoms with E-state index in [1.807, 2.05) is 0 Å². The number of aromatic nitrogens is 1. The number of benzene rings is 1. The van der Waals surface area contributed by atoms with Crippen molar-refractivity contribution in [3.63, 3.8) is 0 Å². The smallest absolute Gasteiger partial charge is 0.415 e. The lowest BCUT2D eigenvalue weighted by Gasteiger charge is -2.36. The van der Waals surface area contributed by atoms with Gasteiger partial charge in [-0.3, -0.25) is 4.79 Å². The molecule has 0 saturated carbocycles. The summed E-state index contributed by atoms with van der Waals surface area (Å²) in [6, 6.07) is 6.61. The second-order valence-corrected chi connectivity index (χ2v) is 8.34. The Balaban J connectivity index is 1.68. The number of ether oxygens (including phenoxy) is 2. The van der Waals surface area contributed by atoms with Crippen molar-refractivity contribution >= 4 is 28.5 Å². The second kappa shape index (κ2) is 8.24. The van der Waals surface area contributed by atoms with Gasteiger partial charge in [0.15, 0.2) is 11.3 Å². The van der Waals surface area contributed by atoms with E-state index in [1.165, 1.54) is 31.5 Å². The molecule has 1 fully saturated rings. The van der Waals surface area contributed by atoms with E-state index in [0.29, 0.717) is 5.75 Å². The molecule has 1 unspecified atom stereocenters. The summed E-state index contributed by atoms with van der Waals surface area (Å²) in [7, 11) is 1.46. The zero-order valence-electron chi connectivity index (χ0n) is 16.6. The van der Waals surface area contributed by atoms with Crippen molar-refractivity contribution in [3.05, 3.63) is 53.6 Å². The van der Waals surface area contributed by atoms with Crippen molar-refractivity contribution in [2.24, 2.45) is 16.6 Å². The molecule has 1 saturated heterocycles. The number of fused-ring (bicyclic) bond motifs is 1. The fourth-order valence-corrected chi connectivity index (χ4v) is 4.89. The molecule has 3 atom stereocenters. The molecule has 4 rings (SSSR count). The molecule has 170 valence electrons. The van der Waals surface area contributed by atoms with Gasteiger partial charge in [0.2, 0.25) is 0 Å². The van der Waals surface area contributed by atoms with Crippen LogP contribution >= 0.6 is 11.8 Å². The van der Waals surface area contributed by atoms with E-state index in [4.69, 9.17) is 15.2 Å². The highest BCUT2D eigenvalue weighted by Gasteiger charge is 2.62. The van der Waals surface area contributed by atoms with Crippen LogP contribution in [0.1, 0.15) is 16.1 Å². The normalized spacial score (nSPS) is 25.1. The fourth-order valence-electron chi connectivity index (χ4n) is 3.86. The molecule has 1 aromatic carbocycles. The first-order valence-electron chi connectivity index (χ1n) is 9.42. The summed E-state index contributed by atoms with van der Waals surface area (Å²) in [6.45, 7) is -0.489. The van der Waals surface area contributed by atoms with E-state index in [1.54, 1.807) is 6.07 Å². The zero-order chi connectivity index (χ0) is 23.1. The zero-order valence-corrected chi connectivity index (χ0v) is 17.5. The molecular formula is C20H18F4N4O3S. The molecule has 3 N–H and O–H groups in total. The number of rotatable bonds is 4. The third-order valence-corrected chi connectivity index (χ3v) is 6.31. The maximum Gasteiger partial charge on any atom is 0.415 e. The molecule has 1 amide bonds. The Hall–Kier alpha value is -2.86. The highest BCUT2D eigenvalue weighted by atomic mass is 32.2. The molecule has 0 spiro atoms. The Kier molecular flexibility index (Phi) is 5.76. The van der Waals surface area contributed by atoms with Gasteiger partial charge in [-0.2, -0.15) is 13.2 Å². The van der Waals surface area contributed by atoms with E-state index in [9.17, 15) is 22.4 Å². The van der Waals surface area contributed by atoms with Crippen LogP contribution in [-0.4, -0.2) is 47.8 Å². The van der Waals surface area contributed by atoms with Crippen molar-refractivity contribution < 1.29 is 31.8 Å². The van der Waals surface area contributed by atoms with Gasteiger partial charge >= 0.3 is 6.18 Å². The summed E-state index contributed by atoms with van der Waals surface area (Å²) in [5, 5.41) is 2.62. The van der Waals surface area contributed by atoms with Gasteiger partial charge in [0, 0.05) is 22.9 Å². The standard InChI is InChI=1S/C20H18F4N4O3S/c1-30-11-3-5-15(26-7-11)17(29)27-10-2-4-14(21)12(6-10)19-9-31-16(20(22,23)24)13(19)8-32-18(25)28-19/h2-7,13,16H,8-9H2,1H3,(H2,25,28)(H,27,29)/t13?,16-,19+/m0/s1. The fraction of sp³-hybridized carbons (Fsp3) is 0.350. The van der Waals surface area contributed by atoms with Crippen molar-refractivity contribution in [2.75, 3.05) is 24.8 Å². The summed E-state index contributed by atoms with van der Waals surface area (Å²) in [6.07, 6.45) is -5.39. The number of carbonyl (C=O) groups excluding carboxylic acids is 1. The summed E-state index contributed by atoms with van der Waals surface area (Å²) < 4.78 is 65.5. The van der Waals surface area contributed by atoms with E-state index >= 15 is 0 Å². The van der Waals surface area contributed by atoms with Gasteiger partial charge in [-0.1, -0.05) is 11.8 Å². The molecule has 32 heavy (non-hydrogen) atoms. The van der Waals surface area contributed by atoms with Gasteiger partial charge < -0.3 is 20.5 Å². The number of hydrogen-bond donors (Lipinski definition) is 2. The van der Waals surface area contributed by atoms with E-state index in [-0.39, 0.29) is 27.9 Å². The second-order valence-electron chi connectivity index (χ2n) is 7.30. The highest BCUT2D eigenvalue weighted by Crippen LogP contribution is 2.52. The Labute approximate surface area is 184 Å². The molecule has 1 aromatic heterocycles. The number of nitrogens with zero attached hydrogens (tertiary/aromatic N) is 2. The predicted octanol–water partition coefficient (Wildman–Crippen LogP) is 3.32. The van der Waals surface area contributed by atoms with Gasteiger partial charge in [0.1, 0.15) is 22.8 Å². The van der Waals surface area contributed by atoms with Crippen LogP contribution in [0.3, 0.4) is 0 Å². The van der Waals surface area contributed by atoms with Crippen molar-refractivity contribution in [2.45, 2.75) is 17.8 Å². The third-order valence-electron chi connectivity index (χ3n) is 5.40. The number of carbonyl (C=O) groups is 1. The molecule has 2 aliphatic heterocycles. The molecule has 3 heterocycles. The van der Waals surface area contributed by atoms with Gasteiger partial charge in [-0.25, -0.2) is 14.4 Å². The SMILES string of the molecule is COc1ccc(C(=O)Nc2ccc(F)c([C@]34CO[C@H](C(F)(F)F)C3CSC(N)=N4)c2)nc1. The highest BCUT2D eigenvalue weighted by molar-refractivity contribution is 8.13. The molecule has 0 bridgehead atoms. The number of alkyl halides is 3. The van der Waals surface area contributed by atoms with Crippen LogP contribution < -0.4 is 15.8 Å². The van der Waals surface area contributed by atoms with Gasteiger partial charge in [-0.05, 0) is 30.3 Å². The van der Waals surface area contributed by atoms with E-state index in [0.717, 1.165) is 17.8 Å². The van der Waals surface area contributed by atoms with Crippen LogP contribution in [0, 0.1) is 11.7 Å². The Morgan fingerprint density at radius 2 is 2.12 bits per heavy atom. The lowest BCUT2D eigenvalue weighted by molar-refractivity contribution is -0.215. The first-order valence-corrected chi connectivity index (χ1v) is 10.4. The van der Waals surface area contributed by atoms with E-state index in [2.05, 4.69) is 15.3 Å². The first kappa shape index (κ1) is 22.3. The Bertz CT molecular complexity index is 1060. The first-order chi connectivity index (χ1) is 15.1. The summed E-state index contributed by atoms with van der Waals surface area (Å²) in [5.74, 6) is -2.11. The van der Waals surface area contributed by atoms with Crippen LogP contribution in [0.15, 0.2) is 41.5 Å². The van der Waals surface area contributed by atoms with Crippen molar-refractivity contribution in [1.82, 2.24) is 4.98 Å². The maximum absolute atomic E-state index is 14.9. The predicted molar refractivity (Wildman–Crippen MR) is 110 cm³/mol. The summed E-state index contributed by atoms with van der Waals surface area (Å²) in [4.78, 5) is 20.7. The number of nitrogens with two attached hydrogens (primary N) is 1. The molecule has 12 heteroatoms. The maximum atomic E-state index is 14.9. The topological polar surface area (TPSA) is 98.8 Å². The van der Waals surface area contributed by atoms with Crippen LogP contribution in [0.25, 0.3) is 0 Å². The van der Waals surface area contributed by atoms with Gasteiger partial charge in [0.25, 0.3) is 5.91 Å². The van der Waals surface area contributed by atoms with Gasteiger partial charge in [-0.15, -0.1) is 0 Å². The van der Waals surface area contributed by atoms with Crippen LogP contribution in [0.2, 0.25) is 0 Å². The van der Waals surface area contributed by atoms with Crippen molar-refractivity contribution in [1.29, 1.82) is 0 Å². The molecule has 0 radical (unpaired) electrons. The lowest BCUT2D eigenvalue weighted by Crippen LogP contribution is -2.46. The molecule has 7 nitrogen and oxygen atoms in total. The lowest BCUT2D eigenvalue weighted by atomic mass is 9.78. The third kappa shape index (κ3) is 3.99. The van der Waals surface area contributed by atoms with Crippen LogP contribution in [-0.2, 0) is 10.3 Å². The number of aliphatic imine (C=N–C) groups is 1. The number of halogens is 4. The molecule has 2 aromatic rings. The quantitative estimate of drug-likeness (QED) is 0.666. The number of pyridine rings is 1. The van der Waals surface area contributed by atoms with Gasteiger partial charge in [0.05, 0.1) is 19.9 Å². The number of amides is 1. The van der Waals surface area contributed by atoms with Crippen LogP contribution in [0.4, 0.5) is 23.2 Å². The molecular weight excluding hydrogens is 452 g/mol. The van der Waals surface area contributed by atoms with Crippen LogP contribution in [0.5, 0.6) is 5.75 Å². The van der Waals surface area contributed by atoms with E-state index < -0.39 is 42.1 Å². The number of methoxy groups -OCH3 is 1. The number of amidine groups is 1. The average Bonchev–Trinajstić information content (AvgIpc) is 3.15. The minimum Gasteiger partial charge on any atom is -0.495 e.